The molecule has 2 amide bonds. The van der Waals surface area contributed by atoms with E-state index in [-0.39, 0.29) is 24.0 Å². The lowest BCUT2D eigenvalue weighted by Crippen LogP contribution is -2.26. The average Bonchev–Trinajstić information content (AvgIpc) is 3.79. The van der Waals surface area contributed by atoms with E-state index in [4.69, 9.17) is 10.00 Å². The number of hydrogen-bond donors (Lipinski definition) is 1. The van der Waals surface area contributed by atoms with Crippen molar-refractivity contribution < 1.29 is 23.9 Å². The van der Waals surface area contributed by atoms with E-state index < -0.39 is 11.4 Å². The van der Waals surface area contributed by atoms with Gasteiger partial charge in [0.05, 0.1) is 53.3 Å². The van der Waals surface area contributed by atoms with Crippen molar-refractivity contribution in [2.45, 2.75) is 20.3 Å². The third-order valence-corrected chi connectivity index (χ3v) is 8.74. The number of esters is 1. The number of benzene rings is 4. The van der Waals surface area contributed by atoms with Crippen molar-refractivity contribution in [2.75, 3.05) is 13.7 Å². The van der Waals surface area contributed by atoms with Gasteiger partial charge < -0.3 is 15.0 Å². The maximum absolute atomic E-state index is 13.3. The zero-order valence-corrected chi connectivity index (χ0v) is 29.5. The number of carbonyl (C=O) groups is 4. The van der Waals surface area contributed by atoms with Crippen molar-refractivity contribution in [1.29, 1.82) is 10.5 Å². The van der Waals surface area contributed by atoms with Gasteiger partial charge in [-0.3, -0.25) is 14.4 Å². The molecular weight excluding hydrogens is 665 g/mol. The first kappa shape index (κ1) is 37.2. The Morgan fingerprint density at radius 3 is 1.87 bits per heavy atom. The topological polar surface area (TPSA) is 140 Å². The van der Waals surface area contributed by atoms with Gasteiger partial charge in [0, 0.05) is 18.7 Å². The lowest BCUT2D eigenvalue weighted by molar-refractivity contribution is -0.139. The molecule has 4 aromatic carbocycles. The van der Waals surface area contributed by atoms with Crippen LogP contribution in [0.4, 0.5) is 0 Å². The normalized spacial score (nSPS) is 17.4. The van der Waals surface area contributed by atoms with E-state index in [1.807, 2.05) is 127 Å². The Morgan fingerprint density at radius 2 is 1.34 bits per heavy atom. The molecule has 2 aliphatic heterocycles. The van der Waals surface area contributed by atoms with Crippen LogP contribution < -0.4 is 5.32 Å². The molecule has 0 fully saturated rings. The summed E-state index contributed by atoms with van der Waals surface area (Å²) in [4.78, 5) is 51.0. The minimum absolute atomic E-state index is 0.0864. The molecule has 0 saturated carbocycles. The molecule has 3 aliphatic rings. The van der Waals surface area contributed by atoms with E-state index in [1.165, 1.54) is 11.0 Å². The number of nitrogens with zero attached hydrogens (tertiary/aromatic N) is 3. The number of Topliss-reactive ketones (excluding diaryl/α,β-unsaturated/α-hetero) is 1. The van der Waals surface area contributed by atoms with Gasteiger partial charge in [0.15, 0.2) is 5.78 Å². The summed E-state index contributed by atoms with van der Waals surface area (Å²) < 4.78 is 4.94. The Bertz CT molecular complexity index is 2240. The van der Waals surface area contributed by atoms with E-state index in [9.17, 15) is 24.4 Å². The van der Waals surface area contributed by atoms with Crippen LogP contribution in [0.2, 0.25) is 0 Å². The number of fused-ring (bicyclic) bond motifs is 1. The summed E-state index contributed by atoms with van der Waals surface area (Å²) >= 11 is 0. The molecule has 7 rings (SSSR count). The second-order valence-corrected chi connectivity index (χ2v) is 12.2. The number of likely N-dealkylation sites (N-methyl/N-ethyl adjacent to an activating group) is 1. The first-order valence-electron chi connectivity index (χ1n) is 16.9. The van der Waals surface area contributed by atoms with Crippen molar-refractivity contribution in [1.82, 2.24) is 10.2 Å². The van der Waals surface area contributed by atoms with E-state index in [0.29, 0.717) is 40.3 Å². The van der Waals surface area contributed by atoms with E-state index in [0.717, 1.165) is 22.3 Å². The second-order valence-electron chi connectivity index (χ2n) is 12.2. The number of ether oxygens (including phenoxy) is 1. The maximum Gasteiger partial charge on any atom is 0.336 e. The van der Waals surface area contributed by atoms with Crippen molar-refractivity contribution in [2.24, 2.45) is 5.41 Å². The fourth-order valence-corrected chi connectivity index (χ4v) is 6.26. The first-order chi connectivity index (χ1) is 25.7. The molecule has 0 spiro atoms. The number of nitriles is 2. The van der Waals surface area contributed by atoms with Gasteiger partial charge in [-0.1, -0.05) is 121 Å². The highest BCUT2D eigenvalue weighted by Gasteiger charge is 2.55. The van der Waals surface area contributed by atoms with Gasteiger partial charge in [0.25, 0.3) is 5.91 Å². The highest BCUT2D eigenvalue weighted by Crippen LogP contribution is 2.53. The van der Waals surface area contributed by atoms with Gasteiger partial charge in [0.1, 0.15) is 5.41 Å². The Kier molecular flexibility index (Phi) is 11.7. The fourth-order valence-electron chi connectivity index (χ4n) is 6.26. The lowest BCUT2D eigenvalue weighted by atomic mass is 9.79. The Balaban J connectivity index is 0.000000172. The molecule has 1 aliphatic carbocycles. The molecule has 9 nitrogen and oxygen atoms in total. The molecule has 9 heteroatoms. The smallest absolute Gasteiger partial charge is 0.336 e. The van der Waals surface area contributed by atoms with Crippen LogP contribution >= 0.6 is 0 Å². The van der Waals surface area contributed by atoms with Gasteiger partial charge >= 0.3 is 5.97 Å². The minimum atomic E-state index is -1.37. The molecular formula is C44H36N4O5. The standard InChI is InChI=1S/C22H16N2O2.C13H13NO3.C9H7N/c1-22(13-23)18(14-9-5-3-6-10-14)16-17(20(22)25)19(24(2)21(16)26)15-11-7-4-8-12-15;1-2-17-13(16)10-8-11(15)14-12(10)9-6-4-3-5-7-9;10-8-4-7-9-5-2-1-3-6-9/h3-12H,1-2H3;3-7H,2,8H2,1H3,(H,14,15);1-7H/b;;7-4+. The van der Waals surface area contributed by atoms with Crippen molar-refractivity contribution in [3.05, 3.63) is 166 Å². The summed E-state index contributed by atoms with van der Waals surface area (Å²) in [6.45, 7) is 3.65. The van der Waals surface area contributed by atoms with Crippen LogP contribution in [-0.4, -0.2) is 42.1 Å². The maximum atomic E-state index is 13.3. The average molecular weight is 701 g/mol. The quantitative estimate of drug-likeness (QED) is 0.167. The van der Waals surface area contributed by atoms with E-state index >= 15 is 0 Å². The van der Waals surface area contributed by atoms with E-state index in [2.05, 4.69) is 11.4 Å². The third-order valence-electron chi connectivity index (χ3n) is 8.74. The Labute approximate surface area is 308 Å². The van der Waals surface area contributed by atoms with Gasteiger partial charge in [-0.25, -0.2) is 4.79 Å². The third kappa shape index (κ3) is 7.80. The SMILES string of the molecule is CCOC(=O)C1=C(c2ccccc2)NC(=O)C1.CN1C(=O)C2=C(c3ccccc3)C(C)(C#N)C(=O)C2=C1c1ccccc1.N#C/C=C/c1ccccc1. The van der Waals surface area contributed by atoms with Crippen LogP contribution in [0, 0.1) is 28.1 Å². The second kappa shape index (κ2) is 16.7. The number of allylic oxidation sites excluding steroid dienone is 2. The van der Waals surface area contributed by atoms with Crippen LogP contribution in [0.5, 0.6) is 0 Å². The summed E-state index contributed by atoms with van der Waals surface area (Å²) in [5.74, 6) is -1.16. The molecule has 262 valence electrons. The van der Waals surface area contributed by atoms with Crippen LogP contribution in [0.1, 0.15) is 42.5 Å². The molecule has 53 heavy (non-hydrogen) atoms. The summed E-state index contributed by atoms with van der Waals surface area (Å²) in [5, 5.41) is 20.7. The molecule has 0 bridgehead atoms. The van der Waals surface area contributed by atoms with Crippen LogP contribution in [-0.2, 0) is 23.9 Å². The molecule has 0 saturated heterocycles. The zero-order chi connectivity index (χ0) is 38.0. The summed E-state index contributed by atoms with van der Waals surface area (Å²) in [6.07, 6.45) is 3.33. The highest BCUT2D eigenvalue weighted by atomic mass is 16.5. The Hall–Kier alpha value is -7.10. The van der Waals surface area contributed by atoms with Crippen molar-refractivity contribution in [3.8, 4) is 12.1 Å². The van der Waals surface area contributed by atoms with Gasteiger partial charge in [0.2, 0.25) is 5.91 Å². The molecule has 0 radical (unpaired) electrons. The molecule has 4 aromatic rings. The van der Waals surface area contributed by atoms with Gasteiger partial charge in [-0.2, -0.15) is 10.5 Å². The van der Waals surface area contributed by atoms with E-state index in [1.54, 1.807) is 27.0 Å². The number of hydrogen-bond acceptors (Lipinski definition) is 7. The summed E-state index contributed by atoms with van der Waals surface area (Å²) in [6, 6.07) is 41.7. The summed E-state index contributed by atoms with van der Waals surface area (Å²) in [7, 11) is 1.67. The van der Waals surface area contributed by atoms with Crippen LogP contribution in [0.25, 0.3) is 23.0 Å². The molecule has 0 aromatic heterocycles. The van der Waals surface area contributed by atoms with Crippen molar-refractivity contribution >= 4 is 46.6 Å². The van der Waals surface area contributed by atoms with Crippen LogP contribution in [0.15, 0.2) is 144 Å². The number of carbonyl (C=O) groups excluding carboxylic acids is 4. The molecule has 1 N–H and O–H groups in total. The predicted octanol–water partition coefficient (Wildman–Crippen LogP) is 7.14. The number of amides is 2. The van der Waals surface area contributed by atoms with Gasteiger partial charge in [-0.15, -0.1) is 0 Å². The van der Waals surface area contributed by atoms with Crippen molar-refractivity contribution in [3.63, 3.8) is 0 Å². The Morgan fingerprint density at radius 1 is 0.811 bits per heavy atom. The monoisotopic (exact) mass is 700 g/mol. The molecule has 1 atom stereocenters. The number of rotatable bonds is 6. The zero-order valence-electron chi connectivity index (χ0n) is 29.5. The number of ketones is 1. The van der Waals surface area contributed by atoms with Gasteiger partial charge in [-0.05, 0) is 42.2 Å². The lowest BCUT2D eigenvalue weighted by Gasteiger charge is -2.21. The fraction of sp³-hybridized carbons (Fsp3) is 0.136. The minimum Gasteiger partial charge on any atom is -0.463 e. The predicted molar refractivity (Wildman–Crippen MR) is 202 cm³/mol. The highest BCUT2D eigenvalue weighted by molar-refractivity contribution is 6.34. The molecule has 2 heterocycles. The van der Waals surface area contributed by atoms with Crippen LogP contribution in [0.3, 0.4) is 0 Å². The number of nitrogens with one attached hydrogen (secondary N) is 1. The summed E-state index contributed by atoms with van der Waals surface area (Å²) in [5.41, 5.74) is 4.78. The largest absolute Gasteiger partial charge is 0.463 e. The first-order valence-corrected chi connectivity index (χ1v) is 16.9. The molecule has 1 unspecified atom stereocenters.